The third-order valence-electron chi connectivity index (χ3n) is 2.11. The van der Waals surface area contributed by atoms with E-state index in [0.717, 1.165) is 5.75 Å². The Balaban J connectivity index is 2.74. The molecule has 0 saturated heterocycles. The second kappa shape index (κ2) is 2.87. The molecule has 0 fully saturated rings. The minimum atomic E-state index is 0.772. The lowest BCUT2D eigenvalue weighted by atomic mass is 10.1. The van der Waals surface area contributed by atoms with Crippen LogP contribution in [0.5, 0.6) is 0 Å². The van der Waals surface area contributed by atoms with Crippen LogP contribution in [-0.4, -0.2) is 4.98 Å². The summed E-state index contributed by atoms with van der Waals surface area (Å²) in [7, 11) is 0. The number of aromatic amines is 1. The third kappa shape index (κ3) is 1.12. The number of aryl methyl sites for hydroxylation is 1. The van der Waals surface area contributed by atoms with Gasteiger partial charge in [-0.15, -0.1) is 0 Å². The van der Waals surface area contributed by atoms with Crippen molar-refractivity contribution in [2.24, 2.45) is 0 Å². The van der Waals surface area contributed by atoms with Gasteiger partial charge in [0.15, 0.2) is 0 Å². The summed E-state index contributed by atoms with van der Waals surface area (Å²) in [6.45, 7) is 2.12. The molecule has 0 aliphatic heterocycles. The Bertz CT molecular complexity index is 403. The average molecular weight is 177 g/mol. The van der Waals surface area contributed by atoms with Gasteiger partial charge in [0.1, 0.15) is 0 Å². The van der Waals surface area contributed by atoms with E-state index in [9.17, 15) is 0 Å². The van der Waals surface area contributed by atoms with Gasteiger partial charge in [0, 0.05) is 22.3 Å². The summed E-state index contributed by atoms with van der Waals surface area (Å²) >= 11 is 4.22. The van der Waals surface area contributed by atoms with Crippen molar-refractivity contribution in [1.29, 1.82) is 0 Å². The Morgan fingerprint density at radius 2 is 2.25 bits per heavy atom. The lowest BCUT2D eigenvalue weighted by Crippen LogP contribution is -1.73. The van der Waals surface area contributed by atoms with Gasteiger partial charge in [0.2, 0.25) is 0 Å². The molecule has 0 aliphatic carbocycles. The Morgan fingerprint density at radius 1 is 1.42 bits per heavy atom. The molecule has 1 aromatic heterocycles. The van der Waals surface area contributed by atoms with E-state index in [-0.39, 0.29) is 0 Å². The van der Waals surface area contributed by atoms with Crippen LogP contribution in [0.2, 0.25) is 0 Å². The van der Waals surface area contributed by atoms with Crippen LogP contribution in [0.4, 0.5) is 0 Å². The summed E-state index contributed by atoms with van der Waals surface area (Å²) in [4.78, 5) is 3.31. The fourth-order valence-corrected chi connectivity index (χ4v) is 1.62. The van der Waals surface area contributed by atoms with Crippen LogP contribution in [0.25, 0.3) is 10.9 Å². The first-order valence-corrected chi connectivity index (χ1v) is 4.62. The monoisotopic (exact) mass is 177 g/mol. The number of fused-ring (bicyclic) bond motifs is 1. The largest absolute Gasteiger partial charge is 0.358 e. The fraction of sp³-hybridized carbons (Fsp3) is 0.200. The highest BCUT2D eigenvalue weighted by atomic mass is 32.1. The summed E-state index contributed by atoms with van der Waals surface area (Å²) in [5.41, 5.74) is 3.71. The molecule has 1 nitrogen and oxygen atoms in total. The lowest BCUT2D eigenvalue weighted by molar-refractivity contribution is 1.27. The number of benzene rings is 1. The molecule has 0 amide bonds. The third-order valence-corrected chi connectivity index (χ3v) is 2.45. The number of thiol groups is 1. The zero-order valence-electron chi connectivity index (χ0n) is 6.96. The van der Waals surface area contributed by atoms with Gasteiger partial charge >= 0.3 is 0 Å². The molecule has 0 radical (unpaired) electrons. The predicted octanol–water partition coefficient (Wildman–Crippen LogP) is 2.91. The Labute approximate surface area is 77.2 Å². The van der Waals surface area contributed by atoms with Crippen LogP contribution in [0.15, 0.2) is 24.3 Å². The molecule has 0 spiro atoms. The molecule has 2 aromatic rings. The van der Waals surface area contributed by atoms with E-state index in [4.69, 9.17) is 0 Å². The van der Waals surface area contributed by atoms with Crippen molar-refractivity contribution < 1.29 is 0 Å². The molecule has 1 aromatic carbocycles. The molecule has 0 bridgehead atoms. The van der Waals surface area contributed by atoms with Crippen LogP contribution < -0.4 is 0 Å². The van der Waals surface area contributed by atoms with Gasteiger partial charge in [-0.1, -0.05) is 12.1 Å². The maximum Gasteiger partial charge on any atom is 0.0458 e. The molecular formula is C10H11NS. The van der Waals surface area contributed by atoms with Crippen molar-refractivity contribution in [3.8, 4) is 0 Å². The molecule has 2 rings (SSSR count). The van der Waals surface area contributed by atoms with Crippen molar-refractivity contribution >= 4 is 23.5 Å². The Kier molecular flexibility index (Phi) is 1.85. The maximum atomic E-state index is 4.22. The molecule has 0 aliphatic rings. The molecule has 2 heteroatoms. The number of nitrogens with one attached hydrogen (secondary N) is 1. The average Bonchev–Trinajstić information content (AvgIpc) is 2.49. The molecule has 1 N–H and O–H groups in total. The molecule has 62 valence electrons. The van der Waals surface area contributed by atoms with Gasteiger partial charge in [-0.25, -0.2) is 0 Å². The van der Waals surface area contributed by atoms with Crippen LogP contribution in [0.3, 0.4) is 0 Å². The van der Waals surface area contributed by atoms with E-state index in [1.54, 1.807) is 0 Å². The summed E-state index contributed by atoms with van der Waals surface area (Å²) in [6.07, 6.45) is 0. The lowest BCUT2D eigenvalue weighted by Gasteiger charge is -1.92. The summed E-state index contributed by atoms with van der Waals surface area (Å²) < 4.78 is 0. The Hall–Kier alpha value is -0.890. The first kappa shape index (κ1) is 7.74. The van der Waals surface area contributed by atoms with E-state index in [2.05, 4.69) is 48.8 Å². The molecule has 0 saturated carbocycles. The van der Waals surface area contributed by atoms with E-state index < -0.39 is 0 Å². The molecule has 0 unspecified atom stereocenters. The summed E-state index contributed by atoms with van der Waals surface area (Å²) in [5.74, 6) is 0.772. The quantitative estimate of drug-likeness (QED) is 0.623. The minimum Gasteiger partial charge on any atom is -0.358 e. The van der Waals surface area contributed by atoms with Gasteiger partial charge in [0.25, 0.3) is 0 Å². The second-order valence-electron chi connectivity index (χ2n) is 2.99. The molecule has 1 heterocycles. The zero-order chi connectivity index (χ0) is 8.55. The van der Waals surface area contributed by atoms with Gasteiger partial charge in [-0.05, 0) is 24.6 Å². The fourth-order valence-electron chi connectivity index (χ4n) is 1.45. The highest BCUT2D eigenvalue weighted by molar-refractivity contribution is 7.79. The van der Waals surface area contributed by atoms with Crippen molar-refractivity contribution in [2.45, 2.75) is 12.7 Å². The standard InChI is InChI=1S/C10H11NS/c1-7-3-2-4-10-9(7)5-8(6-12)11-10/h2-5,11-12H,6H2,1H3. The highest BCUT2D eigenvalue weighted by Gasteiger charge is 1.99. The SMILES string of the molecule is Cc1cccc2[nH]c(CS)cc12. The van der Waals surface area contributed by atoms with E-state index >= 15 is 0 Å². The minimum absolute atomic E-state index is 0.772. The number of H-pyrrole nitrogens is 1. The smallest absolute Gasteiger partial charge is 0.0458 e. The first-order valence-electron chi connectivity index (χ1n) is 3.99. The number of rotatable bonds is 1. The zero-order valence-corrected chi connectivity index (χ0v) is 7.86. The van der Waals surface area contributed by atoms with Crippen LogP contribution >= 0.6 is 12.6 Å². The van der Waals surface area contributed by atoms with E-state index in [0.29, 0.717) is 0 Å². The summed E-state index contributed by atoms with van der Waals surface area (Å²) in [5, 5.41) is 1.31. The predicted molar refractivity (Wildman–Crippen MR) is 55.7 cm³/mol. The number of hydrogen-bond donors (Lipinski definition) is 2. The number of aromatic nitrogens is 1. The van der Waals surface area contributed by atoms with E-state index in [1.165, 1.54) is 22.2 Å². The number of hydrogen-bond acceptors (Lipinski definition) is 1. The highest BCUT2D eigenvalue weighted by Crippen LogP contribution is 2.19. The van der Waals surface area contributed by atoms with Gasteiger partial charge in [-0.3, -0.25) is 0 Å². The molecule has 12 heavy (non-hydrogen) atoms. The van der Waals surface area contributed by atoms with Crippen LogP contribution in [-0.2, 0) is 5.75 Å². The first-order chi connectivity index (χ1) is 5.81. The maximum absolute atomic E-state index is 4.22. The van der Waals surface area contributed by atoms with Gasteiger partial charge in [0.05, 0.1) is 0 Å². The van der Waals surface area contributed by atoms with Crippen LogP contribution in [0, 0.1) is 6.92 Å². The van der Waals surface area contributed by atoms with Crippen molar-refractivity contribution in [2.75, 3.05) is 0 Å². The van der Waals surface area contributed by atoms with Gasteiger partial charge in [-0.2, -0.15) is 12.6 Å². The normalized spacial score (nSPS) is 10.8. The topological polar surface area (TPSA) is 15.8 Å². The van der Waals surface area contributed by atoms with Crippen molar-refractivity contribution in [3.63, 3.8) is 0 Å². The van der Waals surface area contributed by atoms with Crippen molar-refractivity contribution in [1.82, 2.24) is 4.98 Å². The molecule has 0 atom stereocenters. The van der Waals surface area contributed by atoms with E-state index in [1.807, 2.05) is 0 Å². The Morgan fingerprint density at radius 3 is 2.92 bits per heavy atom. The second-order valence-corrected chi connectivity index (χ2v) is 3.31. The van der Waals surface area contributed by atoms with Crippen molar-refractivity contribution in [3.05, 3.63) is 35.5 Å². The van der Waals surface area contributed by atoms with Gasteiger partial charge < -0.3 is 4.98 Å². The summed E-state index contributed by atoms with van der Waals surface area (Å²) in [6, 6.07) is 8.45. The van der Waals surface area contributed by atoms with Crippen LogP contribution in [0.1, 0.15) is 11.3 Å². The molecular weight excluding hydrogens is 166 g/mol.